The van der Waals surface area contributed by atoms with Crippen LogP contribution in [0.3, 0.4) is 0 Å². The average Bonchev–Trinajstić information content (AvgIpc) is 3.27. The van der Waals surface area contributed by atoms with E-state index in [1.54, 1.807) is 0 Å². The molecule has 0 radical (unpaired) electrons. The SMILES string of the molecule is O=c1cnn(-c2cc(Cl)c(C(Sc3[nH]c(=S)[nH]c3-c3ccccc3)c3ccc(Cl)c(C(F)(F)F)c3)c(Cl)c2)c(=O)[nH]1. The maximum Gasteiger partial charge on any atom is 0.417 e. The Morgan fingerprint density at radius 2 is 1.59 bits per heavy atom. The Morgan fingerprint density at radius 1 is 0.902 bits per heavy atom. The van der Waals surface area contributed by atoms with E-state index in [0.29, 0.717) is 15.5 Å². The van der Waals surface area contributed by atoms with Crippen LogP contribution < -0.4 is 11.2 Å². The molecule has 41 heavy (non-hydrogen) atoms. The molecular formula is C26H15Cl3F3N5O2S2. The zero-order valence-corrected chi connectivity index (χ0v) is 24.1. The van der Waals surface area contributed by atoms with E-state index in [1.165, 1.54) is 18.2 Å². The van der Waals surface area contributed by atoms with Gasteiger partial charge in [0.05, 0.1) is 32.2 Å². The Hall–Kier alpha value is -3.29. The Balaban J connectivity index is 1.70. The van der Waals surface area contributed by atoms with Crippen LogP contribution in [0.5, 0.6) is 0 Å². The smallest absolute Gasteiger partial charge is 0.330 e. The molecule has 0 amide bonds. The number of imidazole rings is 1. The van der Waals surface area contributed by atoms with Crippen LogP contribution in [0.15, 0.2) is 81.5 Å². The Kier molecular flexibility index (Phi) is 8.22. The molecule has 3 N–H and O–H groups in total. The van der Waals surface area contributed by atoms with Gasteiger partial charge in [-0.25, -0.2) is 4.79 Å². The minimum absolute atomic E-state index is 0.0313. The number of benzene rings is 3. The molecule has 0 bridgehead atoms. The van der Waals surface area contributed by atoms with Crippen molar-refractivity contribution in [2.75, 3.05) is 0 Å². The van der Waals surface area contributed by atoms with Crippen LogP contribution >= 0.6 is 58.8 Å². The first-order chi connectivity index (χ1) is 19.4. The van der Waals surface area contributed by atoms with Crippen molar-refractivity contribution in [1.29, 1.82) is 0 Å². The first kappa shape index (κ1) is 29.2. The van der Waals surface area contributed by atoms with Gasteiger partial charge in [0.15, 0.2) is 4.77 Å². The molecule has 5 rings (SSSR count). The molecule has 210 valence electrons. The van der Waals surface area contributed by atoms with Crippen LogP contribution in [-0.2, 0) is 6.18 Å². The average molecular weight is 657 g/mol. The van der Waals surface area contributed by atoms with Crippen molar-refractivity contribution in [3.05, 3.63) is 124 Å². The lowest BCUT2D eigenvalue weighted by atomic mass is 10.0. The van der Waals surface area contributed by atoms with E-state index in [2.05, 4.69) is 20.1 Å². The molecule has 3 aromatic carbocycles. The van der Waals surface area contributed by atoms with Gasteiger partial charge in [-0.1, -0.05) is 83.0 Å². The van der Waals surface area contributed by atoms with E-state index in [4.69, 9.17) is 47.0 Å². The Bertz CT molecular complexity index is 1910. The Labute approximate surface area is 253 Å². The van der Waals surface area contributed by atoms with Gasteiger partial charge in [0.1, 0.15) is 6.20 Å². The van der Waals surface area contributed by atoms with Gasteiger partial charge in [0, 0.05) is 21.2 Å². The van der Waals surface area contributed by atoms with Crippen LogP contribution in [0.2, 0.25) is 15.1 Å². The molecule has 7 nitrogen and oxygen atoms in total. The second-order valence-electron chi connectivity index (χ2n) is 8.56. The summed E-state index contributed by atoms with van der Waals surface area (Å²) in [5, 5.41) is 3.01. The molecule has 2 aromatic heterocycles. The van der Waals surface area contributed by atoms with Crippen molar-refractivity contribution in [3.8, 4) is 16.9 Å². The predicted octanol–water partition coefficient (Wildman–Crippen LogP) is 7.83. The van der Waals surface area contributed by atoms with Gasteiger partial charge < -0.3 is 9.97 Å². The number of hydrogen-bond acceptors (Lipinski definition) is 5. The van der Waals surface area contributed by atoms with E-state index in [1.807, 2.05) is 30.3 Å². The van der Waals surface area contributed by atoms with Gasteiger partial charge in [0.25, 0.3) is 5.56 Å². The summed E-state index contributed by atoms with van der Waals surface area (Å²) in [6, 6.07) is 15.5. The third-order valence-corrected chi connectivity index (χ3v) is 8.32. The summed E-state index contributed by atoms with van der Waals surface area (Å²) >= 11 is 25.8. The van der Waals surface area contributed by atoms with Crippen LogP contribution in [0.1, 0.15) is 21.9 Å². The summed E-state index contributed by atoms with van der Waals surface area (Å²) in [7, 11) is 0. The molecule has 0 aliphatic carbocycles. The quantitative estimate of drug-likeness (QED) is 0.128. The first-order valence-corrected chi connectivity index (χ1v) is 13.9. The van der Waals surface area contributed by atoms with Gasteiger partial charge in [-0.05, 0) is 42.0 Å². The van der Waals surface area contributed by atoms with Crippen LogP contribution in [0.4, 0.5) is 13.2 Å². The number of thioether (sulfide) groups is 1. The van der Waals surface area contributed by atoms with Crippen LogP contribution in [-0.4, -0.2) is 24.7 Å². The topological polar surface area (TPSA) is 99.3 Å². The summed E-state index contributed by atoms with van der Waals surface area (Å²) < 4.78 is 42.7. The largest absolute Gasteiger partial charge is 0.417 e. The van der Waals surface area contributed by atoms with Gasteiger partial charge in [0.2, 0.25) is 0 Å². The van der Waals surface area contributed by atoms with E-state index in [0.717, 1.165) is 40.3 Å². The molecule has 0 saturated heterocycles. The van der Waals surface area contributed by atoms with Crippen molar-refractivity contribution in [2.24, 2.45) is 0 Å². The minimum atomic E-state index is -4.72. The summed E-state index contributed by atoms with van der Waals surface area (Å²) in [5.41, 5.74) is -0.572. The molecule has 0 saturated carbocycles. The van der Waals surface area contributed by atoms with E-state index in [-0.39, 0.29) is 26.9 Å². The molecule has 0 aliphatic rings. The second kappa shape index (κ2) is 11.5. The molecule has 2 heterocycles. The number of nitrogens with one attached hydrogen (secondary N) is 3. The van der Waals surface area contributed by atoms with Crippen molar-refractivity contribution >= 4 is 58.8 Å². The molecule has 0 aliphatic heterocycles. The highest BCUT2D eigenvalue weighted by molar-refractivity contribution is 7.99. The van der Waals surface area contributed by atoms with Crippen LogP contribution in [0.25, 0.3) is 16.9 Å². The molecule has 1 atom stereocenters. The lowest BCUT2D eigenvalue weighted by Crippen LogP contribution is -2.30. The maximum absolute atomic E-state index is 13.8. The lowest BCUT2D eigenvalue weighted by molar-refractivity contribution is -0.137. The normalized spacial score (nSPS) is 12.4. The lowest BCUT2D eigenvalue weighted by Gasteiger charge is -2.22. The number of nitrogens with zero attached hydrogens (tertiary/aromatic N) is 2. The summed E-state index contributed by atoms with van der Waals surface area (Å²) in [4.78, 5) is 32.0. The van der Waals surface area contributed by atoms with E-state index >= 15 is 0 Å². The van der Waals surface area contributed by atoms with Crippen molar-refractivity contribution < 1.29 is 13.2 Å². The molecule has 0 fully saturated rings. The second-order valence-corrected chi connectivity index (χ2v) is 11.3. The zero-order valence-electron chi connectivity index (χ0n) is 20.2. The molecular weight excluding hydrogens is 642 g/mol. The number of H-pyrrole nitrogens is 3. The fourth-order valence-corrected chi connectivity index (χ4v) is 6.73. The number of alkyl halides is 3. The minimum Gasteiger partial charge on any atom is -0.330 e. The maximum atomic E-state index is 13.8. The summed E-state index contributed by atoms with van der Waals surface area (Å²) in [6.07, 6.45) is -3.82. The molecule has 1 unspecified atom stereocenters. The Morgan fingerprint density at radius 3 is 2.22 bits per heavy atom. The predicted molar refractivity (Wildman–Crippen MR) is 156 cm³/mol. The monoisotopic (exact) mass is 655 g/mol. The number of rotatable bonds is 6. The molecule has 15 heteroatoms. The standard InChI is InChI=1S/C26H15Cl3F3N5O2S2/c27-16-7-6-13(8-15(16)26(30,31)32)22(41-23-21(35-24(40)36-23)12-4-2-1-3-5-12)20-17(28)9-14(10-18(20)29)37-25(39)34-19(38)11-33-37/h1-11,22H,(H,34,38,39)(H2,35,36,40). The van der Waals surface area contributed by atoms with Gasteiger partial charge in [-0.15, -0.1) is 0 Å². The molecule has 5 aromatic rings. The number of halogens is 6. The fraction of sp³-hybridized carbons (Fsp3) is 0.0769. The number of aromatic amines is 3. The highest BCUT2D eigenvalue weighted by Crippen LogP contribution is 2.49. The number of aromatic nitrogens is 5. The third-order valence-electron chi connectivity index (χ3n) is 5.87. The van der Waals surface area contributed by atoms with Crippen molar-refractivity contribution in [3.63, 3.8) is 0 Å². The van der Waals surface area contributed by atoms with Crippen molar-refractivity contribution in [1.82, 2.24) is 24.7 Å². The van der Waals surface area contributed by atoms with Crippen LogP contribution in [0, 0.1) is 4.77 Å². The fourth-order valence-electron chi connectivity index (χ4n) is 4.08. The van der Waals surface area contributed by atoms with Gasteiger partial charge in [-0.2, -0.15) is 23.0 Å². The van der Waals surface area contributed by atoms with Crippen molar-refractivity contribution in [2.45, 2.75) is 16.5 Å². The summed E-state index contributed by atoms with van der Waals surface area (Å²) in [5.74, 6) is 0. The van der Waals surface area contributed by atoms with Gasteiger partial charge in [-0.3, -0.25) is 9.78 Å². The first-order valence-electron chi connectivity index (χ1n) is 11.5. The van der Waals surface area contributed by atoms with Gasteiger partial charge >= 0.3 is 11.9 Å². The zero-order chi connectivity index (χ0) is 29.5. The molecule has 0 spiro atoms. The van der Waals surface area contributed by atoms with E-state index in [9.17, 15) is 22.8 Å². The highest BCUT2D eigenvalue weighted by Gasteiger charge is 2.35. The number of hydrogen-bond donors (Lipinski definition) is 3. The third kappa shape index (κ3) is 6.16. The van der Waals surface area contributed by atoms with E-state index < -0.39 is 33.3 Å². The summed E-state index contributed by atoms with van der Waals surface area (Å²) in [6.45, 7) is 0. The highest BCUT2D eigenvalue weighted by atomic mass is 35.5.